The standard InChI is InChI=1S/C13H15N3O2S/c1-9(8-19-2)15-11-6-7-14-13-10(11)4-3-5-12(13)16(17)18/h3-7,9H,8H2,1-2H3,(H,14,15). The average Bonchev–Trinajstić information content (AvgIpc) is 2.38. The van der Waals surface area contributed by atoms with Gasteiger partial charge in [-0.15, -0.1) is 0 Å². The average molecular weight is 277 g/mol. The van der Waals surface area contributed by atoms with Crippen LogP contribution < -0.4 is 5.32 Å². The molecular formula is C13H15N3O2S. The molecule has 0 bridgehead atoms. The molecule has 2 aromatic rings. The van der Waals surface area contributed by atoms with Crippen molar-refractivity contribution >= 4 is 34.0 Å². The van der Waals surface area contributed by atoms with Crippen LogP contribution >= 0.6 is 11.8 Å². The Morgan fingerprint density at radius 2 is 2.26 bits per heavy atom. The number of benzene rings is 1. The maximum atomic E-state index is 11.0. The number of nitro groups is 1. The summed E-state index contributed by atoms with van der Waals surface area (Å²) in [5, 5.41) is 15.1. The first-order chi connectivity index (χ1) is 9.13. The van der Waals surface area contributed by atoms with Crippen molar-refractivity contribution in [1.82, 2.24) is 4.98 Å². The first-order valence-electron chi connectivity index (χ1n) is 5.91. The van der Waals surface area contributed by atoms with Crippen LogP contribution in [0.2, 0.25) is 0 Å². The van der Waals surface area contributed by atoms with Gasteiger partial charge in [0.2, 0.25) is 0 Å². The van der Waals surface area contributed by atoms with Crippen LogP contribution in [0.4, 0.5) is 11.4 Å². The summed E-state index contributed by atoms with van der Waals surface area (Å²) in [7, 11) is 0. The van der Waals surface area contributed by atoms with Crippen molar-refractivity contribution in [1.29, 1.82) is 0 Å². The molecule has 19 heavy (non-hydrogen) atoms. The number of fused-ring (bicyclic) bond motifs is 1. The fourth-order valence-corrected chi connectivity index (χ4v) is 2.57. The zero-order valence-electron chi connectivity index (χ0n) is 10.8. The molecule has 1 atom stereocenters. The topological polar surface area (TPSA) is 68.1 Å². The van der Waals surface area contributed by atoms with E-state index in [0.29, 0.717) is 11.6 Å². The van der Waals surface area contributed by atoms with Crippen molar-refractivity contribution in [2.75, 3.05) is 17.3 Å². The third-order valence-corrected chi connectivity index (χ3v) is 3.60. The molecule has 2 rings (SSSR count). The van der Waals surface area contributed by atoms with Crippen LogP contribution in [0.1, 0.15) is 6.92 Å². The van der Waals surface area contributed by atoms with Crippen molar-refractivity contribution in [3.63, 3.8) is 0 Å². The molecule has 1 heterocycles. The number of hydrogen-bond acceptors (Lipinski definition) is 5. The van der Waals surface area contributed by atoms with E-state index in [2.05, 4.69) is 17.2 Å². The van der Waals surface area contributed by atoms with Gasteiger partial charge < -0.3 is 5.32 Å². The molecule has 1 N–H and O–H groups in total. The lowest BCUT2D eigenvalue weighted by Gasteiger charge is -2.15. The number of aromatic nitrogens is 1. The van der Waals surface area contributed by atoms with Crippen LogP contribution in [-0.2, 0) is 0 Å². The summed E-state index contributed by atoms with van der Waals surface area (Å²) >= 11 is 1.76. The van der Waals surface area contributed by atoms with Gasteiger partial charge in [0.05, 0.1) is 4.92 Å². The SMILES string of the molecule is CSCC(C)Nc1ccnc2c([N+](=O)[O-])cccc12. The summed E-state index contributed by atoms with van der Waals surface area (Å²) in [6.45, 7) is 2.08. The monoisotopic (exact) mass is 277 g/mol. The van der Waals surface area contributed by atoms with Gasteiger partial charge in [0.15, 0.2) is 0 Å². The Hall–Kier alpha value is -1.82. The second-order valence-electron chi connectivity index (χ2n) is 4.29. The van der Waals surface area contributed by atoms with Crippen LogP contribution in [0.25, 0.3) is 10.9 Å². The predicted octanol–water partition coefficient (Wildman–Crippen LogP) is 3.31. The highest BCUT2D eigenvalue weighted by molar-refractivity contribution is 7.98. The molecule has 1 aromatic carbocycles. The molecule has 0 amide bonds. The van der Waals surface area contributed by atoms with Crippen molar-refractivity contribution in [2.45, 2.75) is 13.0 Å². The molecule has 0 aliphatic heterocycles. The fraction of sp³-hybridized carbons (Fsp3) is 0.308. The lowest BCUT2D eigenvalue weighted by molar-refractivity contribution is -0.383. The van der Waals surface area contributed by atoms with E-state index >= 15 is 0 Å². The third-order valence-electron chi connectivity index (χ3n) is 2.76. The summed E-state index contributed by atoms with van der Waals surface area (Å²) in [5.41, 5.74) is 1.35. The van der Waals surface area contributed by atoms with E-state index in [9.17, 15) is 10.1 Å². The van der Waals surface area contributed by atoms with Crippen LogP contribution in [0.15, 0.2) is 30.5 Å². The lowest BCUT2D eigenvalue weighted by Crippen LogP contribution is -2.17. The van der Waals surface area contributed by atoms with Crippen LogP contribution in [0.3, 0.4) is 0 Å². The van der Waals surface area contributed by atoms with Gasteiger partial charge in [-0.1, -0.05) is 12.1 Å². The van der Waals surface area contributed by atoms with Gasteiger partial charge in [-0.25, -0.2) is 4.98 Å². The second kappa shape index (κ2) is 5.88. The molecule has 0 fully saturated rings. The number of non-ortho nitro benzene ring substituents is 1. The van der Waals surface area contributed by atoms with Gasteiger partial charge in [-0.3, -0.25) is 10.1 Å². The minimum atomic E-state index is -0.398. The van der Waals surface area contributed by atoms with Crippen LogP contribution in [-0.4, -0.2) is 28.0 Å². The van der Waals surface area contributed by atoms with Gasteiger partial charge >= 0.3 is 0 Å². The Bertz CT molecular complexity index is 603. The van der Waals surface area contributed by atoms with Crippen LogP contribution in [0, 0.1) is 10.1 Å². The smallest absolute Gasteiger partial charge is 0.295 e. The molecule has 6 heteroatoms. The molecular weight excluding hydrogens is 262 g/mol. The van der Waals surface area contributed by atoms with Crippen molar-refractivity contribution in [3.05, 3.63) is 40.6 Å². The largest absolute Gasteiger partial charge is 0.381 e. The number of nitrogens with one attached hydrogen (secondary N) is 1. The molecule has 0 aliphatic carbocycles. The highest BCUT2D eigenvalue weighted by atomic mass is 32.2. The second-order valence-corrected chi connectivity index (χ2v) is 5.20. The zero-order chi connectivity index (χ0) is 13.8. The molecule has 0 saturated carbocycles. The fourth-order valence-electron chi connectivity index (χ4n) is 1.99. The van der Waals surface area contributed by atoms with Gasteiger partial charge in [-0.05, 0) is 19.2 Å². The Labute approximate surface area is 115 Å². The maximum absolute atomic E-state index is 11.0. The Morgan fingerprint density at radius 3 is 2.95 bits per heavy atom. The number of nitrogens with zero attached hydrogens (tertiary/aromatic N) is 2. The van der Waals surface area contributed by atoms with Gasteiger partial charge in [-0.2, -0.15) is 11.8 Å². The first-order valence-corrected chi connectivity index (χ1v) is 7.30. The molecule has 0 radical (unpaired) electrons. The Balaban J connectivity index is 2.46. The minimum absolute atomic E-state index is 0.0404. The highest BCUT2D eigenvalue weighted by Gasteiger charge is 2.14. The third kappa shape index (κ3) is 2.96. The van der Waals surface area contributed by atoms with E-state index < -0.39 is 4.92 Å². The van der Waals surface area contributed by atoms with E-state index in [0.717, 1.165) is 16.8 Å². The molecule has 1 aromatic heterocycles. The number of thioether (sulfide) groups is 1. The molecule has 5 nitrogen and oxygen atoms in total. The highest BCUT2D eigenvalue weighted by Crippen LogP contribution is 2.28. The summed E-state index contributed by atoms with van der Waals surface area (Å²) in [6.07, 6.45) is 3.65. The number of pyridine rings is 1. The van der Waals surface area contributed by atoms with Crippen LogP contribution in [0.5, 0.6) is 0 Å². The number of nitro benzene ring substituents is 1. The number of para-hydroxylation sites is 1. The summed E-state index contributed by atoms with van der Waals surface area (Å²) in [6, 6.07) is 7.16. The van der Waals surface area contributed by atoms with E-state index in [4.69, 9.17) is 0 Å². The van der Waals surface area contributed by atoms with Crippen molar-refractivity contribution < 1.29 is 4.92 Å². The molecule has 0 aliphatic rings. The zero-order valence-corrected chi connectivity index (χ0v) is 11.6. The first kappa shape index (κ1) is 13.6. The number of hydrogen-bond donors (Lipinski definition) is 1. The summed E-state index contributed by atoms with van der Waals surface area (Å²) in [5.74, 6) is 0.971. The Morgan fingerprint density at radius 1 is 1.47 bits per heavy atom. The van der Waals surface area contributed by atoms with Crippen molar-refractivity contribution in [3.8, 4) is 0 Å². The molecule has 100 valence electrons. The van der Waals surface area contributed by atoms with Gasteiger partial charge in [0.25, 0.3) is 5.69 Å². The van der Waals surface area contributed by atoms with E-state index in [1.165, 1.54) is 6.07 Å². The van der Waals surface area contributed by atoms with Crippen molar-refractivity contribution in [2.24, 2.45) is 0 Å². The molecule has 1 unspecified atom stereocenters. The van der Waals surface area contributed by atoms with Gasteiger partial charge in [0.1, 0.15) is 5.52 Å². The van der Waals surface area contributed by atoms with Gasteiger partial charge in [0, 0.05) is 35.1 Å². The normalized spacial score (nSPS) is 12.3. The quantitative estimate of drug-likeness (QED) is 0.670. The predicted molar refractivity (Wildman–Crippen MR) is 79.9 cm³/mol. The lowest BCUT2D eigenvalue weighted by atomic mass is 10.1. The number of anilines is 1. The maximum Gasteiger partial charge on any atom is 0.295 e. The van der Waals surface area contributed by atoms with E-state index in [1.807, 2.05) is 18.4 Å². The summed E-state index contributed by atoms with van der Waals surface area (Å²) in [4.78, 5) is 14.7. The minimum Gasteiger partial charge on any atom is -0.381 e. The molecule has 0 saturated heterocycles. The van der Waals surface area contributed by atoms with E-state index in [1.54, 1.807) is 24.0 Å². The Kier molecular flexibility index (Phi) is 4.21. The van der Waals surface area contributed by atoms with E-state index in [-0.39, 0.29) is 5.69 Å². The number of rotatable bonds is 5. The molecule has 0 spiro atoms. The summed E-state index contributed by atoms with van der Waals surface area (Å²) < 4.78 is 0.